The number of aromatic nitrogens is 1. The van der Waals surface area contributed by atoms with Crippen LogP contribution in [-0.4, -0.2) is 25.1 Å². The topological polar surface area (TPSA) is 42.1 Å². The highest BCUT2D eigenvalue weighted by atomic mass is 32.1. The molecular formula is C8H15N3S. The lowest BCUT2D eigenvalue weighted by atomic mass is 10.2. The summed E-state index contributed by atoms with van der Waals surface area (Å²) < 4.78 is 0. The molecule has 3 nitrogen and oxygen atoms in total. The van der Waals surface area contributed by atoms with E-state index in [-0.39, 0.29) is 0 Å². The zero-order chi connectivity index (χ0) is 8.97. The van der Waals surface area contributed by atoms with Gasteiger partial charge < -0.3 is 10.6 Å². The van der Waals surface area contributed by atoms with Crippen molar-refractivity contribution < 1.29 is 0 Å². The Hall–Kier alpha value is -0.610. The first-order valence-electron chi connectivity index (χ1n) is 4.04. The fourth-order valence-electron chi connectivity index (χ4n) is 1.02. The fourth-order valence-corrected chi connectivity index (χ4v) is 1.64. The minimum atomic E-state index is 0.527. The van der Waals surface area contributed by atoms with Gasteiger partial charge in [0.15, 0.2) is 5.13 Å². The summed E-state index contributed by atoms with van der Waals surface area (Å²) in [5, 5.41) is 3.05. The highest BCUT2D eigenvalue weighted by molar-refractivity contribution is 7.13. The third kappa shape index (κ3) is 2.46. The molecule has 2 N–H and O–H groups in total. The molecule has 0 bridgehead atoms. The van der Waals surface area contributed by atoms with Crippen molar-refractivity contribution in [3.8, 4) is 0 Å². The molecule has 1 aromatic rings. The predicted octanol–water partition coefficient (Wildman–Crippen LogP) is 1.17. The lowest BCUT2D eigenvalue weighted by Gasteiger charge is -2.19. The van der Waals surface area contributed by atoms with Crippen molar-refractivity contribution in [2.24, 2.45) is 11.7 Å². The summed E-state index contributed by atoms with van der Waals surface area (Å²) in [5.74, 6) is 0.527. The van der Waals surface area contributed by atoms with Gasteiger partial charge in [0.05, 0.1) is 0 Å². The van der Waals surface area contributed by atoms with Crippen LogP contribution in [0.3, 0.4) is 0 Å². The van der Waals surface area contributed by atoms with Crippen LogP contribution in [0.4, 0.5) is 5.13 Å². The maximum atomic E-state index is 5.53. The van der Waals surface area contributed by atoms with Crippen LogP contribution in [-0.2, 0) is 0 Å². The monoisotopic (exact) mass is 185 g/mol. The molecule has 0 amide bonds. The van der Waals surface area contributed by atoms with Crippen molar-refractivity contribution in [2.45, 2.75) is 6.92 Å². The van der Waals surface area contributed by atoms with Crippen molar-refractivity contribution in [1.29, 1.82) is 0 Å². The highest BCUT2D eigenvalue weighted by Gasteiger charge is 2.06. The first-order valence-corrected chi connectivity index (χ1v) is 4.92. The summed E-state index contributed by atoms with van der Waals surface area (Å²) in [5.41, 5.74) is 5.53. The summed E-state index contributed by atoms with van der Waals surface area (Å²) in [6.45, 7) is 3.85. The van der Waals surface area contributed by atoms with E-state index in [9.17, 15) is 0 Å². The first-order chi connectivity index (χ1) is 5.74. The molecule has 0 aliphatic rings. The van der Waals surface area contributed by atoms with Gasteiger partial charge in [0.25, 0.3) is 0 Å². The van der Waals surface area contributed by atoms with E-state index in [0.717, 1.165) is 18.2 Å². The Morgan fingerprint density at radius 2 is 2.50 bits per heavy atom. The Morgan fingerprint density at radius 3 is 3.00 bits per heavy atom. The summed E-state index contributed by atoms with van der Waals surface area (Å²) >= 11 is 1.66. The molecule has 1 rings (SSSR count). The normalized spacial score (nSPS) is 12.9. The second-order valence-electron chi connectivity index (χ2n) is 3.04. The van der Waals surface area contributed by atoms with Gasteiger partial charge in [-0.3, -0.25) is 0 Å². The van der Waals surface area contributed by atoms with E-state index in [4.69, 9.17) is 5.73 Å². The number of nitrogens with two attached hydrogens (primary N) is 1. The Morgan fingerprint density at radius 1 is 1.75 bits per heavy atom. The summed E-state index contributed by atoms with van der Waals surface area (Å²) in [6, 6.07) is 0. The van der Waals surface area contributed by atoms with Gasteiger partial charge in [-0.15, -0.1) is 11.3 Å². The summed E-state index contributed by atoms with van der Waals surface area (Å²) in [7, 11) is 2.05. The van der Waals surface area contributed by atoms with E-state index in [1.807, 2.05) is 18.6 Å². The van der Waals surface area contributed by atoms with Gasteiger partial charge >= 0.3 is 0 Å². The van der Waals surface area contributed by atoms with Gasteiger partial charge in [-0.1, -0.05) is 6.92 Å². The molecule has 0 aliphatic carbocycles. The predicted molar refractivity (Wildman–Crippen MR) is 53.6 cm³/mol. The molecule has 1 unspecified atom stereocenters. The fraction of sp³-hybridized carbons (Fsp3) is 0.625. The van der Waals surface area contributed by atoms with Crippen LogP contribution in [0.15, 0.2) is 11.6 Å². The molecule has 1 aromatic heterocycles. The van der Waals surface area contributed by atoms with Crippen LogP contribution < -0.4 is 10.6 Å². The van der Waals surface area contributed by atoms with Gasteiger partial charge in [-0.2, -0.15) is 0 Å². The Balaban J connectivity index is 2.44. The number of rotatable bonds is 4. The molecule has 0 saturated heterocycles. The van der Waals surface area contributed by atoms with Crippen LogP contribution in [0.25, 0.3) is 0 Å². The van der Waals surface area contributed by atoms with Crippen molar-refractivity contribution in [1.82, 2.24) is 4.98 Å². The standard InChI is InChI=1S/C8H15N3S/c1-7(5-9)6-11(2)8-10-3-4-12-8/h3-4,7H,5-6,9H2,1-2H3. The third-order valence-electron chi connectivity index (χ3n) is 1.73. The molecule has 12 heavy (non-hydrogen) atoms. The largest absolute Gasteiger partial charge is 0.351 e. The molecule has 0 spiro atoms. The molecule has 68 valence electrons. The average Bonchev–Trinajstić information content (AvgIpc) is 2.56. The summed E-state index contributed by atoms with van der Waals surface area (Å²) in [6.07, 6.45) is 1.82. The van der Waals surface area contributed by atoms with E-state index in [2.05, 4.69) is 16.8 Å². The second kappa shape index (κ2) is 4.42. The van der Waals surface area contributed by atoms with Crippen LogP contribution in [0.5, 0.6) is 0 Å². The van der Waals surface area contributed by atoms with Gasteiger partial charge in [0, 0.05) is 25.2 Å². The zero-order valence-electron chi connectivity index (χ0n) is 7.53. The van der Waals surface area contributed by atoms with E-state index in [1.165, 1.54) is 0 Å². The van der Waals surface area contributed by atoms with Gasteiger partial charge in [-0.25, -0.2) is 4.98 Å². The number of hydrogen-bond donors (Lipinski definition) is 1. The summed E-state index contributed by atoms with van der Waals surface area (Å²) in [4.78, 5) is 6.35. The minimum absolute atomic E-state index is 0.527. The van der Waals surface area contributed by atoms with Gasteiger partial charge in [0.2, 0.25) is 0 Å². The second-order valence-corrected chi connectivity index (χ2v) is 3.91. The van der Waals surface area contributed by atoms with E-state index < -0.39 is 0 Å². The molecule has 1 heterocycles. The molecule has 4 heteroatoms. The Bertz CT molecular complexity index is 210. The number of nitrogens with zero attached hydrogens (tertiary/aromatic N) is 2. The zero-order valence-corrected chi connectivity index (χ0v) is 8.34. The van der Waals surface area contributed by atoms with Crippen LogP contribution >= 0.6 is 11.3 Å². The quantitative estimate of drug-likeness (QED) is 0.765. The van der Waals surface area contributed by atoms with Gasteiger partial charge in [-0.05, 0) is 12.5 Å². The average molecular weight is 185 g/mol. The van der Waals surface area contributed by atoms with Crippen LogP contribution in [0, 0.1) is 5.92 Å². The highest BCUT2D eigenvalue weighted by Crippen LogP contribution is 2.16. The van der Waals surface area contributed by atoms with Crippen LogP contribution in [0.1, 0.15) is 6.92 Å². The SMILES string of the molecule is CC(CN)CN(C)c1nccs1. The van der Waals surface area contributed by atoms with Crippen molar-refractivity contribution in [2.75, 3.05) is 25.0 Å². The van der Waals surface area contributed by atoms with Crippen molar-refractivity contribution >= 4 is 16.5 Å². The molecule has 0 radical (unpaired) electrons. The molecule has 0 fully saturated rings. The van der Waals surface area contributed by atoms with Crippen LogP contribution in [0.2, 0.25) is 0 Å². The Labute approximate surface area is 77.2 Å². The maximum absolute atomic E-state index is 5.53. The van der Waals surface area contributed by atoms with Gasteiger partial charge in [0.1, 0.15) is 0 Å². The number of anilines is 1. The molecule has 1 atom stereocenters. The smallest absolute Gasteiger partial charge is 0.184 e. The lowest BCUT2D eigenvalue weighted by Crippen LogP contribution is -2.27. The minimum Gasteiger partial charge on any atom is -0.351 e. The van der Waals surface area contributed by atoms with Crippen molar-refractivity contribution in [3.05, 3.63) is 11.6 Å². The number of thiazole rings is 1. The third-order valence-corrected chi connectivity index (χ3v) is 2.62. The Kier molecular flexibility index (Phi) is 3.49. The molecule has 0 aromatic carbocycles. The van der Waals surface area contributed by atoms with E-state index in [0.29, 0.717) is 5.92 Å². The molecule has 0 saturated carbocycles. The van der Waals surface area contributed by atoms with Crippen molar-refractivity contribution in [3.63, 3.8) is 0 Å². The molecular weight excluding hydrogens is 170 g/mol. The molecule has 0 aliphatic heterocycles. The number of hydrogen-bond acceptors (Lipinski definition) is 4. The van der Waals surface area contributed by atoms with E-state index in [1.54, 1.807) is 11.3 Å². The lowest BCUT2D eigenvalue weighted by molar-refractivity contribution is 0.589. The first kappa shape index (κ1) is 9.48. The maximum Gasteiger partial charge on any atom is 0.184 e. The van der Waals surface area contributed by atoms with E-state index >= 15 is 0 Å².